The molecular weight excluding hydrogens is 174 g/mol. The van der Waals surface area contributed by atoms with Crippen LogP contribution in [-0.4, -0.2) is 25.8 Å². The van der Waals surface area contributed by atoms with E-state index in [1.807, 2.05) is 0 Å². The minimum atomic E-state index is 0.297. The lowest BCUT2D eigenvalue weighted by molar-refractivity contribution is 0.0184. The van der Waals surface area contributed by atoms with E-state index in [2.05, 4.69) is 39.9 Å². The lowest BCUT2D eigenvalue weighted by Gasteiger charge is -2.25. The summed E-state index contributed by atoms with van der Waals surface area (Å²) in [5, 5.41) is 3.42. The van der Waals surface area contributed by atoms with Crippen LogP contribution in [0.3, 0.4) is 0 Å². The van der Waals surface area contributed by atoms with E-state index in [4.69, 9.17) is 4.74 Å². The highest BCUT2D eigenvalue weighted by Gasteiger charge is 2.17. The second kappa shape index (κ2) is 7.24. The molecule has 0 spiro atoms. The third kappa shape index (κ3) is 8.52. The van der Waals surface area contributed by atoms with E-state index in [1.54, 1.807) is 0 Å². The molecule has 0 aliphatic heterocycles. The van der Waals surface area contributed by atoms with Gasteiger partial charge >= 0.3 is 0 Å². The van der Waals surface area contributed by atoms with Gasteiger partial charge in [-0.15, -0.1) is 0 Å². The van der Waals surface area contributed by atoms with Gasteiger partial charge < -0.3 is 10.1 Å². The van der Waals surface area contributed by atoms with Gasteiger partial charge in [-0.3, -0.25) is 0 Å². The normalized spacial score (nSPS) is 12.4. The fourth-order valence-electron chi connectivity index (χ4n) is 1.19. The molecular formula is C12H27NO. The van der Waals surface area contributed by atoms with Crippen LogP contribution in [-0.2, 0) is 4.74 Å². The van der Waals surface area contributed by atoms with E-state index in [9.17, 15) is 0 Å². The first-order chi connectivity index (χ1) is 6.48. The third-order valence-electron chi connectivity index (χ3n) is 2.21. The smallest absolute Gasteiger partial charge is 0.0521 e. The van der Waals surface area contributed by atoms with Crippen LogP contribution in [0.2, 0.25) is 0 Å². The molecule has 0 aromatic rings. The van der Waals surface area contributed by atoms with E-state index < -0.39 is 0 Å². The molecule has 0 fully saturated rings. The van der Waals surface area contributed by atoms with Crippen molar-refractivity contribution in [2.24, 2.45) is 5.41 Å². The van der Waals surface area contributed by atoms with E-state index in [1.165, 1.54) is 12.8 Å². The molecule has 1 N–H and O–H groups in total. The average Bonchev–Trinajstić information content (AvgIpc) is 2.10. The molecule has 0 aliphatic rings. The Balaban J connectivity index is 3.50. The van der Waals surface area contributed by atoms with Gasteiger partial charge in [-0.2, -0.15) is 0 Å². The molecule has 0 amide bonds. The summed E-state index contributed by atoms with van der Waals surface area (Å²) in [6.45, 7) is 14.0. The first kappa shape index (κ1) is 13.9. The molecule has 2 nitrogen and oxygen atoms in total. The summed E-state index contributed by atoms with van der Waals surface area (Å²) >= 11 is 0. The van der Waals surface area contributed by atoms with Crippen LogP contribution in [0.25, 0.3) is 0 Å². The van der Waals surface area contributed by atoms with Gasteiger partial charge in [0, 0.05) is 0 Å². The van der Waals surface area contributed by atoms with E-state index >= 15 is 0 Å². The van der Waals surface area contributed by atoms with Crippen molar-refractivity contribution in [1.29, 1.82) is 0 Å². The van der Waals surface area contributed by atoms with Gasteiger partial charge in [-0.05, 0) is 45.2 Å². The molecule has 0 aromatic carbocycles. The summed E-state index contributed by atoms with van der Waals surface area (Å²) in [6.07, 6.45) is 2.74. The van der Waals surface area contributed by atoms with Gasteiger partial charge in [0.25, 0.3) is 0 Å². The van der Waals surface area contributed by atoms with E-state index in [0.29, 0.717) is 11.5 Å². The Bertz CT molecular complexity index is 132. The molecule has 0 aliphatic carbocycles. The molecule has 2 heteroatoms. The van der Waals surface area contributed by atoms with Gasteiger partial charge in [-0.25, -0.2) is 0 Å². The van der Waals surface area contributed by atoms with Gasteiger partial charge in [-0.1, -0.05) is 20.8 Å². The number of hydrogen-bond acceptors (Lipinski definition) is 2. The first-order valence-corrected chi connectivity index (χ1v) is 5.80. The highest BCUT2D eigenvalue weighted by molar-refractivity contribution is 4.69. The van der Waals surface area contributed by atoms with E-state index in [0.717, 1.165) is 19.7 Å². The Labute approximate surface area is 89.4 Å². The first-order valence-electron chi connectivity index (χ1n) is 5.80. The van der Waals surface area contributed by atoms with Crippen LogP contribution < -0.4 is 5.32 Å². The summed E-state index contributed by atoms with van der Waals surface area (Å²) in [7, 11) is 0. The predicted molar refractivity (Wildman–Crippen MR) is 62.6 cm³/mol. The van der Waals surface area contributed by atoms with Crippen LogP contribution in [0.5, 0.6) is 0 Å². The van der Waals surface area contributed by atoms with Crippen LogP contribution in [0.4, 0.5) is 0 Å². The van der Waals surface area contributed by atoms with Crippen molar-refractivity contribution in [3.63, 3.8) is 0 Å². The number of nitrogens with one attached hydrogen (secondary N) is 1. The van der Waals surface area contributed by atoms with Crippen molar-refractivity contribution in [3.05, 3.63) is 0 Å². The quantitative estimate of drug-likeness (QED) is 0.610. The standard InChI is InChI=1S/C12H27NO/c1-6-8-13-9-7-12(4,5)10-14-11(2)3/h11,13H,6-10H2,1-5H3. The largest absolute Gasteiger partial charge is 0.378 e. The second-order valence-corrected chi connectivity index (χ2v) is 5.02. The molecule has 0 saturated carbocycles. The zero-order valence-corrected chi connectivity index (χ0v) is 10.5. The Morgan fingerprint density at radius 3 is 2.36 bits per heavy atom. The summed E-state index contributed by atoms with van der Waals surface area (Å²) in [5.74, 6) is 0. The van der Waals surface area contributed by atoms with Crippen LogP contribution in [0, 0.1) is 5.41 Å². The van der Waals surface area contributed by atoms with Crippen LogP contribution in [0.15, 0.2) is 0 Å². The Morgan fingerprint density at radius 2 is 1.86 bits per heavy atom. The molecule has 0 atom stereocenters. The van der Waals surface area contributed by atoms with Crippen molar-refractivity contribution >= 4 is 0 Å². The summed E-state index contributed by atoms with van der Waals surface area (Å²) < 4.78 is 5.64. The van der Waals surface area contributed by atoms with Gasteiger partial charge in [0.2, 0.25) is 0 Å². The van der Waals surface area contributed by atoms with Gasteiger partial charge in [0.15, 0.2) is 0 Å². The van der Waals surface area contributed by atoms with Gasteiger partial charge in [0.1, 0.15) is 0 Å². The van der Waals surface area contributed by atoms with Crippen molar-refractivity contribution in [3.8, 4) is 0 Å². The number of rotatable bonds is 8. The third-order valence-corrected chi connectivity index (χ3v) is 2.21. The van der Waals surface area contributed by atoms with E-state index in [-0.39, 0.29) is 0 Å². The van der Waals surface area contributed by atoms with Crippen molar-refractivity contribution in [2.75, 3.05) is 19.7 Å². The summed E-state index contributed by atoms with van der Waals surface area (Å²) in [6, 6.07) is 0. The lowest BCUT2D eigenvalue weighted by atomic mass is 9.90. The predicted octanol–water partition coefficient (Wildman–Crippen LogP) is 2.83. The summed E-state index contributed by atoms with van der Waals surface area (Å²) in [5.41, 5.74) is 0.297. The molecule has 14 heavy (non-hydrogen) atoms. The minimum absolute atomic E-state index is 0.297. The average molecular weight is 201 g/mol. The fourth-order valence-corrected chi connectivity index (χ4v) is 1.19. The zero-order valence-electron chi connectivity index (χ0n) is 10.5. The maximum absolute atomic E-state index is 5.64. The monoisotopic (exact) mass is 201 g/mol. The highest BCUT2D eigenvalue weighted by atomic mass is 16.5. The second-order valence-electron chi connectivity index (χ2n) is 5.02. The molecule has 0 aromatic heterocycles. The van der Waals surface area contributed by atoms with Crippen molar-refractivity contribution in [2.45, 2.75) is 53.6 Å². The van der Waals surface area contributed by atoms with Crippen LogP contribution >= 0.6 is 0 Å². The Hall–Kier alpha value is -0.0800. The molecule has 0 bridgehead atoms. The highest BCUT2D eigenvalue weighted by Crippen LogP contribution is 2.20. The van der Waals surface area contributed by atoms with Gasteiger partial charge in [0.05, 0.1) is 12.7 Å². The summed E-state index contributed by atoms with van der Waals surface area (Å²) in [4.78, 5) is 0. The lowest BCUT2D eigenvalue weighted by Crippen LogP contribution is -2.27. The van der Waals surface area contributed by atoms with Crippen LogP contribution in [0.1, 0.15) is 47.5 Å². The number of hydrogen-bond donors (Lipinski definition) is 1. The molecule has 0 rings (SSSR count). The zero-order chi connectivity index (χ0) is 11.0. The molecule has 0 radical (unpaired) electrons. The maximum atomic E-state index is 5.64. The molecule has 0 unspecified atom stereocenters. The van der Waals surface area contributed by atoms with Crippen molar-refractivity contribution in [1.82, 2.24) is 5.32 Å². The SMILES string of the molecule is CCCNCCC(C)(C)COC(C)C. The fraction of sp³-hybridized carbons (Fsp3) is 1.00. The Morgan fingerprint density at radius 1 is 1.21 bits per heavy atom. The Kier molecular flexibility index (Phi) is 7.20. The molecule has 0 saturated heterocycles. The topological polar surface area (TPSA) is 21.3 Å². The maximum Gasteiger partial charge on any atom is 0.0521 e. The molecule has 0 heterocycles. The van der Waals surface area contributed by atoms with Crippen molar-refractivity contribution < 1.29 is 4.74 Å². The number of ether oxygens (including phenoxy) is 1. The molecule has 86 valence electrons. The minimum Gasteiger partial charge on any atom is -0.378 e.